The fourth-order valence-corrected chi connectivity index (χ4v) is 4.44. The Kier molecular flexibility index (Phi) is 5.24. The number of nitrogens with zero attached hydrogens (tertiary/aromatic N) is 4. The number of halogens is 3. The summed E-state index contributed by atoms with van der Waals surface area (Å²) in [5, 5.41) is 8.04. The molecule has 1 amide bonds. The number of pyridine rings is 1. The molecule has 0 bridgehead atoms. The van der Waals surface area contributed by atoms with Crippen LogP contribution in [0.3, 0.4) is 0 Å². The maximum Gasteiger partial charge on any atom is 0.417 e. The number of benzene rings is 1. The minimum atomic E-state index is -4.49. The van der Waals surface area contributed by atoms with Crippen LogP contribution in [0.15, 0.2) is 47.5 Å². The highest BCUT2D eigenvalue weighted by Crippen LogP contribution is 2.31. The molecule has 1 aliphatic heterocycles. The SMILES string of the molecule is CS(=O)(=O)c1cccc(C(=O)N2CCCC(c3nnc4ccc(C(F)(F)F)cn34)C2)c1. The van der Waals surface area contributed by atoms with Crippen LogP contribution in [-0.4, -0.2) is 53.2 Å². The fourth-order valence-electron chi connectivity index (χ4n) is 3.77. The fraction of sp³-hybridized carbons (Fsp3) is 0.350. The highest BCUT2D eigenvalue weighted by molar-refractivity contribution is 7.90. The number of hydrogen-bond acceptors (Lipinski definition) is 5. The molecule has 4 rings (SSSR count). The van der Waals surface area contributed by atoms with Gasteiger partial charge in [0.05, 0.1) is 10.5 Å². The smallest absolute Gasteiger partial charge is 0.338 e. The van der Waals surface area contributed by atoms with Crippen LogP contribution in [0.4, 0.5) is 13.2 Å². The number of rotatable bonds is 3. The molecule has 0 aliphatic carbocycles. The summed E-state index contributed by atoms with van der Waals surface area (Å²) in [4.78, 5) is 14.6. The van der Waals surface area contributed by atoms with Gasteiger partial charge in [-0.2, -0.15) is 13.2 Å². The van der Waals surface area contributed by atoms with Crippen molar-refractivity contribution in [2.75, 3.05) is 19.3 Å². The van der Waals surface area contributed by atoms with Crippen molar-refractivity contribution in [2.45, 2.75) is 29.8 Å². The molecule has 7 nitrogen and oxygen atoms in total. The lowest BCUT2D eigenvalue weighted by Gasteiger charge is -2.32. The summed E-state index contributed by atoms with van der Waals surface area (Å²) in [5.74, 6) is -0.266. The third-order valence-electron chi connectivity index (χ3n) is 5.34. The molecule has 0 N–H and O–H groups in total. The summed E-state index contributed by atoms with van der Waals surface area (Å²) >= 11 is 0. The minimum Gasteiger partial charge on any atom is -0.338 e. The number of piperidine rings is 1. The second kappa shape index (κ2) is 7.63. The van der Waals surface area contributed by atoms with Crippen LogP contribution in [0.25, 0.3) is 5.65 Å². The second-order valence-corrected chi connectivity index (χ2v) is 9.61. The Morgan fingerprint density at radius 1 is 1.16 bits per heavy atom. The molecule has 3 aromatic rings. The van der Waals surface area contributed by atoms with E-state index in [2.05, 4.69) is 10.2 Å². The molecule has 1 atom stereocenters. The second-order valence-electron chi connectivity index (χ2n) is 7.59. The van der Waals surface area contributed by atoms with Gasteiger partial charge in [-0.1, -0.05) is 6.07 Å². The van der Waals surface area contributed by atoms with Crippen molar-refractivity contribution >= 4 is 21.4 Å². The van der Waals surface area contributed by atoms with E-state index in [0.717, 1.165) is 18.5 Å². The summed E-state index contributed by atoms with van der Waals surface area (Å²) in [6, 6.07) is 8.04. The summed E-state index contributed by atoms with van der Waals surface area (Å²) in [5.41, 5.74) is -0.260. The molecular formula is C20H19F3N4O3S. The molecule has 0 spiro atoms. The van der Waals surface area contributed by atoms with E-state index in [0.29, 0.717) is 30.9 Å². The molecule has 2 aromatic heterocycles. The lowest BCUT2D eigenvalue weighted by atomic mass is 9.96. The molecule has 1 saturated heterocycles. The molecule has 31 heavy (non-hydrogen) atoms. The quantitative estimate of drug-likeness (QED) is 0.610. The number of fused-ring (bicyclic) bond motifs is 1. The van der Waals surface area contributed by atoms with Gasteiger partial charge in [-0.3, -0.25) is 9.20 Å². The summed E-state index contributed by atoms with van der Waals surface area (Å²) in [6.45, 7) is 0.710. The van der Waals surface area contributed by atoms with Crippen LogP contribution < -0.4 is 0 Å². The van der Waals surface area contributed by atoms with Gasteiger partial charge in [0.1, 0.15) is 5.82 Å². The Hall–Kier alpha value is -2.95. The average molecular weight is 452 g/mol. The molecule has 1 unspecified atom stereocenters. The van der Waals surface area contributed by atoms with Gasteiger partial charge in [-0.15, -0.1) is 10.2 Å². The Labute approximate surface area is 176 Å². The van der Waals surface area contributed by atoms with Gasteiger partial charge in [0.2, 0.25) is 0 Å². The summed E-state index contributed by atoms with van der Waals surface area (Å²) in [7, 11) is -3.46. The van der Waals surface area contributed by atoms with E-state index < -0.39 is 21.6 Å². The zero-order valence-corrected chi connectivity index (χ0v) is 17.3. The van der Waals surface area contributed by atoms with E-state index in [1.165, 1.54) is 28.7 Å². The van der Waals surface area contributed by atoms with Gasteiger partial charge in [-0.05, 0) is 43.2 Å². The van der Waals surface area contributed by atoms with Crippen LogP contribution in [0.1, 0.15) is 40.5 Å². The molecule has 0 saturated carbocycles. The largest absolute Gasteiger partial charge is 0.417 e. The number of hydrogen-bond donors (Lipinski definition) is 0. The molecule has 1 aliphatic rings. The van der Waals surface area contributed by atoms with E-state index in [1.54, 1.807) is 11.0 Å². The first-order valence-electron chi connectivity index (χ1n) is 9.55. The van der Waals surface area contributed by atoms with Gasteiger partial charge < -0.3 is 4.90 Å². The minimum absolute atomic E-state index is 0.0510. The maximum absolute atomic E-state index is 13.1. The zero-order valence-electron chi connectivity index (χ0n) is 16.5. The molecule has 11 heteroatoms. The Bertz CT molecular complexity index is 1250. The normalized spacial score (nSPS) is 17.8. The average Bonchev–Trinajstić information content (AvgIpc) is 3.15. The molecule has 164 valence electrons. The molecule has 1 aromatic carbocycles. The van der Waals surface area contributed by atoms with Crippen LogP contribution >= 0.6 is 0 Å². The standard InChI is InChI=1S/C20H19F3N4O3S/c1-31(29,30)16-6-2-4-13(10-16)19(28)26-9-3-5-14(11-26)18-25-24-17-8-7-15(12-27(17)18)20(21,22)23/h2,4,6-8,10,12,14H,3,5,9,11H2,1H3. The van der Waals surface area contributed by atoms with E-state index in [9.17, 15) is 26.4 Å². The lowest BCUT2D eigenvalue weighted by molar-refractivity contribution is -0.137. The van der Waals surface area contributed by atoms with Gasteiger partial charge in [0.25, 0.3) is 5.91 Å². The van der Waals surface area contributed by atoms with Crippen LogP contribution in [0.2, 0.25) is 0 Å². The highest BCUT2D eigenvalue weighted by Gasteiger charge is 2.33. The number of carbonyl (C=O) groups is 1. The van der Waals surface area contributed by atoms with Crippen molar-refractivity contribution in [2.24, 2.45) is 0 Å². The number of amides is 1. The Balaban J connectivity index is 1.61. The van der Waals surface area contributed by atoms with E-state index in [1.807, 2.05) is 0 Å². The van der Waals surface area contributed by atoms with Crippen LogP contribution in [0, 0.1) is 0 Å². The van der Waals surface area contributed by atoms with E-state index in [4.69, 9.17) is 0 Å². The van der Waals surface area contributed by atoms with Crippen LogP contribution in [-0.2, 0) is 16.0 Å². The van der Waals surface area contributed by atoms with E-state index in [-0.39, 0.29) is 28.8 Å². The first-order chi connectivity index (χ1) is 14.5. The van der Waals surface area contributed by atoms with Crippen molar-refractivity contribution < 1.29 is 26.4 Å². The monoisotopic (exact) mass is 452 g/mol. The molecular weight excluding hydrogens is 433 g/mol. The van der Waals surface area contributed by atoms with Gasteiger partial charge >= 0.3 is 6.18 Å². The van der Waals surface area contributed by atoms with Crippen molar-refractivity contribution in [3.05, 3.63) is 59.5 Å². The van der Waals surface area contributed by atoms with Crippen molar-refractivity contribution in [3.63, 3.8) is 0 Å². The number of carbonyl (C=O) groups excluding carboxylic acids is 1. The topological polar surface area (TPSA) is 84.6 Å². The Morgan fingerprint density at radius 2 is 1.94 bits per heavy atom. The Morgan fingerprint density at radius 3 is 2.65 bits per heavy atom. The van der Waals surface area contributed by atoms with Crippen molar-refractivity contribution in [3.8, 4) is 0 Å². The zero-order chi connectivity index (χ0) is 22.4. The number of alkyl halides is 3. The molecule has 3 heterocycles. The van der Waals surface area contributed by atoms with Gasteiger partial charge in [0, 0.05) is 37.0 Å². The predicted molar refractivity (Wildman–Crippen MR) is 105 cm³/mol. The molecule has 1 fully saturated rings. The number of aromatic nitrogens is 3. The highest BCUT2D eigenvalue weighted by atomic mass is 32.2. The predicted octanol–water partition coefficient (Wildman–Crippen LogP) is 3.17. The number of sulfone groups is 1. The van der Waals surface area contributed by atoms with E-state index >= 15 is 0 Å². The van der Waals surface area contributed by atoms with Gasteiger partial charge in [0.15, 0.2) is 15.5 Å². The van der Waals surface area contributed by atoms with Crippen LogP contribution in [0.5, 0.6) is 0 Å². The maximum atomic E-state index is 13.1. The van der Waals surface area contributed by atoms with Crippen molar-refractivity contribution in [1.82, 2.24) is 19.5 Å². The summed E-state index contributed by atoms with van der Waals surface area (Å²) < 4.78 is 64.3. The first-order valence-corrected chi connectivity index (χ1v) is 11.4. The lowest BCUT2D eigenvalue weighted by Crippen LogP contribution is -2.39. The van der Waals surface area contributed by atoms with Crippen molar-refractivity contribution in [1.29, 1.82) is 0 Å². The number of likely N-dealkylation sites (tertiary alicyclic amines) is 1. The third-order valence-corrected chi connectivity index (χ3v) is 6.45. The summed E-state index contributed by atoms with van der Waals surface area (Å²) in [6.07, 6.45) is -1.17. The molecule has 0 radical (unpaired) electrons. The third kappa shape index (κ3) is 4.27. The van der Waals surface area contributed by atoms with Gasteiger partial charge in [-0.25, -0.2) is 8.42 Å². The first kappa shape index (κ1) is 21.3.